The number of ketones is 1. The van der Waals surface area contributed by atoms with E-state index in [9.17, 15) is 20.0 Å². The van der Waals surface area contributed by atoms with Gasteiger partial charge in [0.15, 0.2) is 11.9 Å². The quantitative estimate of drug-likeness (QED) is 0.457. The highest BCUT2D eigenvalue weighted by atomic mass is 16.7. The number of carbonyl (C=O) groups is 1. The predicted octanol–water partition coefficient (Wildman–Crippen LogP) is 0.918. The van der Waals surface area contributed by atoms with Crippen molar-refractivity contribution in [1.29, 1.82) is 0 Å². The highest BCUT2D eigenvalue weighted by Gasteiger charge is 2.41. The molecule has 16 heavy (non-hydrogen) atoms. The summed E-state index contributed by atoms with van der Waals surface area (Å²) in [7, 11) is 0. The molecule has 0 radical (unpaired) electrons. The molecule has 1 aliphatic heterocycles. The molecule has 0 aromatic heterocycles. The van der Waals surface area contributed by atoms with Crippen molar-refractivity contribution in [3.63, 3.8) is 0 Å². The lowest BCUT2D eigenvalue weighted by atomic mass is 10.0. The number of carbonyl (C=O) groups excluding carboxylic acids is 1. The van der Waals surface area contributed by atoms with E-state index in [4.69, 9.17) is 4.74 Å². The fourth-order valence-electron chi connectivity index (χ4n) is 1.61. The molecule has 0 unspecified atom stereocenters. The van der Waals surface area contributed by atoms with Gasteiger partial charge < -0.3 is 9.84 Å². The third-order valence-corrected chi connectivity index (χ3v) is 2.46. The lowest BCUT2D eigenvalue weighted by Crippen LogP contribution is -2.27. The van der Waals surface area contributed by atoms with Crippen LogP contribution in [0.1, 0.15) is 28.9 Å². The molecule has 1 N–H and O–H groups in total. The second-order valence-electron chi connectivity index (χ2n) is 3.55. The summed E-state index contributed by atoms with van der Waals surface area (Å²) in [6, 6.07) is 4.39. The number of benzene rings is 1. The Labute approximate surface area is 90.6 Å². The smallest absolute Gasteiger partial charge is 0.384 e. The molecule has 0 spiro atoms. The van der Waals surface area contributed by atoms with Crippen LogP contribution in [0.25, 0.3) is 0 Å². The van der Waals surface area contributed by atoms with Gasteiger partial charge >= 0.3 is 6.23 Å². The van der Waals surface area contributed by atoms with Crippen LogP contribution in [-0.4, -0.2) is 22.0 Å². The molecule has 0 saturated carbocycles. The van der Waals surface area contributed by atoms with Crippen molar-refractivity contribution in [2.75, 3.05) is 0 Å². The monoisotopic (exact) mass is 223 g/mol. The van der Waals surface area contributed by atoms with Crippen LogP contribution >= 0.6 is 0 Å². The Balaban J connectivity index is 2.41. The Kier molecular flexibility index (Phi) is 2.35. The number of aliphatic hydroxyl groups excluding tert-OH is 1. The largest absolute Gasteiger partial charge is 0.427 e. The van der Waals surface area contributed by atoms with Crippen molar-refractivity contribution < 1.29 is 19.6 Å². The zero-order valence-corrected chi connectivity index (χ0v) is 8.41. The van der Waals surface area contributed by atoms with Crippen LogP contribution in [0.3, 0.4) is 0 Å². The van der Waals surface area contributed by atoms with E-state index < -0.39 is 17.3 Å². The van der Waals surface area contributed by atoms with Crippen LogP contribution < -0.4 is 4.74 Å². The van der Waals surface area contributed by atoms with Crippen molar-refractivity contribution >= 4 is 5.78 Å². The Morgan fingerprint density at radius 3 is 2.81 bits per heavy atom. The molecule has 1 aromatic carbocycles. The number of hydrogen-bond donors (Lipinski definition) is 1. The van der Waals surface area contributed by atoms with E-state index in [1.165, 1.54) is 25.1 Å². The molecule has 1 aromatic rings. The zero-order valence-electron chi connectivity index (χ0n) is 8.41. The van der Waals surface area contributed by atoms with Gasteiger partial charge in [0.05, 0.1) is 4.92 Å². The minimum atomic E-state index is -1.49. The molecule has 2 atom stereocenters. The Morgan fingerprint density at radius 1 is 1.56 bits per heavy atom. The molecule has 84 valence electrons. The van der Waals surface area contributed by atoms with Crippen LogP contribution in [0.5, 0.6) is 5.75 Å². The van der Waals surface area contributed by atoms with Crippen molar-refractivity contribution in [2.24, 2.45) is 0 Å². The van der Waals surface area contributed by atoms with Gasteiger partial charge in [-0.15, -0.1) is 0 Å². The Bertz CT molecular complexity index is 470. The number of nitro groups is 1. The average Bonchev–Trinajstić information content (AvgIpc) is 2.56. The number of ether oxygens (including phenoxy) is 1. The normalized spacial score (nSPS) is 22.4. The highest BCUT2D eigenvalue weighted by Crippen LogP contribution is 2.37. The topological polar surface area (TPSA) is 89.7 Å². The molecule has 0 aliphatic carbocycles. The summed E-state index contributed by atoms with van der Waals surface area (Å²) in [6.45, 7) is 1.38. The van der Waals surface area contributed by atoms with E-state index in [-0.39, 0.29) is 17.1 Å². The van der Waals surface area contributed by atoms with Gasteiger partial charge in [0.1, 0.15) is 5.75 Å². The highest BCUT2D eigenvalue weighted by molar-refractivity contribution is 5.94. The minimum Gasteiger partial charge on any atom is -0.427 e. The van der Waals surface area contributed by atoms with Gasteiger partial charge in [-0.1, -0.05) is 0 Å². The van der Waals surface area contributed by atoms with E-state index in [0.29, 0.717) is 5.56 Å². The van der Waals surface area contributed by atoms with E-state index >= 15 is 0 Å². The molecule has 6 nitrogen and oxygen atoms in total. The summed E-state index contributed by atoms with van der Waals surface area (Å²) >= 11 is 0. The molecule has 0 saturated heterocycles. The maximum absolute atomic E-state index is 11.1. The van der Waals surface area contributed by atoms with Gasteiger partial charge in [0.2, 0.25) is 0 Å². The van der Waals surface area contributed by atoms with Crippen molar-refractivity contribution in [1.82, 2.24) is 0 Å². The van der Waals surface area contributed by atoms with Crippen LogP contribution in [0, 0.1) is 10.1 Å². The Morgan fingerprint density at radius 2 is 2.25 bits per heavy atom. The maximum Gasteiger partial charge on any atom is 0.384 e. The Hall–Kier alpha value is -1.95. The summed E-state index contributed by atoms with van der Waals surface area (Å²) in [6.07, 6.45) is -2.82. The lowest BCUT2D eigenvalue weighted by molar-refractivity contribution is -0.572. The molecular formula is C10H9NO5. The van der Waals surface area contributed by atoms with E-state index in [2.05, 4.69) is 0 Å². The molecular weight excluding hydrogens is 214 g/mol. The lowest BCUT2D eigenvalue weighted by Gasteiger charge is -2.04. The molecule has 1 heterocycles. The number of fused-ring (bicyclic) bond motifs is 1. The molecule has 2 rings (SSSR count). The maximum atomic E-state index is 11.1. The van der Waals surface area contributed by atoms with E-state index in [0.717, 1.165) is 0 Å². The summed E-state index contributed by atoms with van der Waals surface area (Å²) in [5.41, 5.74) is 0.680. The van der Waals surface area contributed by atoms with Crippen molar-refractivity contribution in [3.05, 3.63) is 39.4 Å². The van der Waals surface area contributed by atoms with Crippen LogP contribution in [0.4, 0.5) is 0 Å². The van der Waals surface area contributed by atoms with Gasteiger partial charge in [-0.2, -0.15) is 0 Å². The molecule has 0 fully saturated rings. The van der Waals surface area contributed by atoms with E-state index in [1.807, 2.05) is 0 Å². The fraction of sp³-hybridized carbons (Fsp3) is 0.300. The van der Waals surface area contributed by atoms with Crippen LogP contribution in [-0.2, 0) is 0 Å². The van der Waals surface area contributed by atoms with Gasteiger partial charge in [0, 0.05) is 11.1 Å². The molecule has 0 amide bonds. The number of rotatable bonds is 2. The molecule has 1 aliphatic rings. The summed E-state index contributed by atoms with van der Waals surface area (Å²) in [4.78, 5) is 21.0. The standard InChI is InChI=1S/C10H9NO5/c1-5(12)6-2-3-8-7(4-6)9(13)10(16-8)11(14)15/h2-4,9-10,13H,1H3/t9-,10+/m1/s1. The van der Waals surface area contributed by atoms with Crippen LogP contribution in [0.2, 0.25) is 0 Å². The van der Waals surface area contributed by atoms with Gasteiger partial charge in [-0.25, -0.2) is 0 Å². The van der Waals surface area contributed by atoms with Crippen molar-refractivity contribution in [2.45, 2.75) is 19.3 Å². The fourth-order valence-corrected chi connectivity index (χ4v) is 1.61. The third-order valence-electron chi connectivity index (χ3n) is 2.46. The second kappa shape index (κ2) is 3.57. The second-order valence-corrected chi connectivity index (χ2v) is 3.55. The average molecular weight is 223 g/mol. The number of Topliss-reactive ketones (excluding diaryl/α,β-unsaturated/α-hetero) is 1. The van der Waals surface area contributed by atoms with Crippen LogP contribution in [0.15, 0.2) is 18.2 Å². The first-order chi connectivity index (χ1) is 7.50. The summed E-state index contributed by atoms with van der Waals surface area (Å²) in [5, 5.41) is 20.2. The first-order valence-electron chi connectivity index (χ1n) is 4.64. The minimum absolute atomic E-state index is 0.167. The number of hydrogen-bond acceptors (Lipinski definition) is 5. The zero-order chi connectivity index (χ0) is 11.9. The first-order valence-corrected chi connectivity index (χ1v) is 4.64. The number of aliphatic hydroxyl groups is 1. The van der Waals surface area contributed by atoms with Gasteiger partial charge in [-0.05, 0) is 25.1 Å². The van der Waals surface area contributed by atoms with Crippen molar-refractivity contribution in [3.8, 4) is 5.75 Å². The van der Waals surface area contributed by atoms with Gasteiger partial charge in [0.25, 0.3) is 0 Å². The van der Waals surface area contributed by atoms with E-state index in [1.54, 1.807) is 0 Å². The third kappa shape index (κ3) is 1.53. The predicted molar refractivity (Wildman–Crippen MR) is 52.8 cm³/mol. The number of nitrogens with zero attached hydrogens (tertiary/aromatic N) is 1. The molecule has 0 bridgehead atoms. The van der Waals surface area contributed by atoms with Gasteiger partial charge in [-0.3, -0.25) is 14.9 Å². The first kappa shape index (κ1) is 10.6. The summed E-state index contributed by atoms with van der Waals surface area (Å²) < 4.78 is 4.95. The molecule has 6 heteroatoms. The SMILES string of the molecule is CC(=O)c1ccc2c(c1)[C@@H](O)[C@@H]([N+](=O)[O-])O2. The summed E-state index contributed by atoms with van der Waals surface area (Å²) in [5.74, 6) is 0.0822.